The van der Waals surface area contributed by atoms with Gasteiger partial charge in [-0.15, -0.1) is 0 Å². The Bertz CT molecular complexity index is 734. The molecule has 0 aromatic heterocycles. The number of carboxylic acids is 1. The minimum atomic E-state index is -3.07. The van der Waals surface area contributed by atoms with Gasteiger partial charge >= 0.3 is 5.97 Å². The zero-order valence-electron chi connectivity index (χ0n) is 14.6. The number of carboxylic acid groups (broad SMARTS) is 1. The molecule has 138 valence electrons. The molecule has 0 spiro atoms. The van der Waals surface area contributed by atoms with Crippen molar-refractivity contribution in [2.75, 3.05) is 31.1 Å². The molecule has 1 aromatic carbocycles. The maximum atomic E-state index is 12.2. The fourth-order valence-corrected chi connectivity index (χ4v) is 6.13. The van der Waals surface area contributed by atoms with Crippen LogP contribution in [0.25, 0.3) is 0 Å². The number of benzene rings is 1. The van der Waals surface area contributed by atoms with Gasteiger partial charge in [-0.1, -0.05) is 31.2 Å². The Kier molecular flexibility index (Phi) is 5.46. The summed E-state index contributed by atoms with van der Waals surface area (Å²) in [5.41, 5.74) is 2.56. The molecule has 2 saturated heterocycles. The molecule has 2 fully saturated rings. The van der Waals surface area contributed by atoms with Crippen LogP contribution in [0.4, 0.5) is 0 Å². The van der Waals surface area contributed by atoms with E-state index in [1.165, 1.54) is 11.1 Å². The average Bonchev–Trinajstić information content (AvgIpc) is 2.90. The lowest BCUT2D eigenvalue weighted by Gasteiger charge is -2.44. The van der Waals surface area contributed by atoms with Gasteiger partial charge in [0.1, 0.15) is 0 Å². The molecule has 7 heteroatoms. The number of aryl methyl sites for hydroxylation is 1. The summed E-state index contributed by atoms with van der Waals surface area (Å²) in [6.45, 7) is 4.80. The maximum Gasteiger partial charge on any atom is 0.304 e. The average molecular weight is 366 g/mol. The first kappa shape index (κ1) is 18.4. The quantitative estimate of drug-likeness (QED) is 0.810. The molecule has 6 nitrogen and oxygen atoms in total. The van der Waals surface area contributed by atoms with E-state index in [1.807, 2.05) is 12.1 Å². The summed E-state index contributed by atoms with van der Waals surface area (Å²) in [5, 5.41) is 8.94. The molecular weight excluding hydrogens is 340 g/mol. The lowest BCUT2D eigenvalue weighted by Crippen LogP contribution is -2.58. The second-order valence-corrected chi connectivity index (χ2v) is 9.14. The molecule has 0 aliphatic carbocycles. The molecule has 2 aliphatic heterocycles. The van der Waals surface area contributed by atoms with Crippen LogP contribution in [0.1, 0.15) is 24.5 Å². The number of sulfone groups is 1. The highest BCUT2D eigenvalue weighted by molar-refractivity contribution is 7.91. The number of rotatable bonds is 6. The molecule has 0 unspecified atom stereocenters. The Labute approximate surface area is 149 Å². The van der Waals surface area contributed by atoms with E-state index in [9.17, 15) is 13.2 Å². The summed E-state index contributed by atoms with van der Waals surface area (Å²) < 4.78 is 24.5. The van der Waals surface area contributed by atoms with E-state index in [0.29, 0.717) is 6.54 Å². The molecule has 1 aromatic rings. The van der Waals surface area contributed by atoms with Crippen molar-refractivity contribution < 1.29 is 18.3 Å². The summed E-state index contributed by atoms with van der Waals surface area (Å²) in [7, 11) is -3.07. The number of piperazine rings is 1. The minimum absolute atomic E-state index is 0.0440. The van der Waals surface area contributed by atoms with Crippen LogP contribution in [-0.4, -0.2) is 72.5 Å². The van der Waals surface area contributed by atoms with Gasteiger partial charge in [0.2, 0.25) is 0 Å². The van der Waals surface area contributed by atoms with E-state index < -0.39 is 15.8 Å². The SMILES string of the molecule is CCc1ccccc1CN1CCN(CCC(=O)O)[C@@H]2CS(=O)(=O)C[C@@H]21. The van der Waals surface area contributed by atoms with Gasteiger partial charge in [-0.05, 0) is 17.5 Å². The van der Waals surface area contributed by atoms with Gasteiger partial charge in [0.05, 0.1) is 17.9 Å². The predicted octanol–water partition coefficient (Wildman–Crippen LogP) is 1.01. The largest absolute Gasteiger partial charge is 0.481 e. The summed E-state index contributed by atoms with van der Waals surface area (Å²) in [5.74, 6) is -0.518. The molecule has 0 saturated carbocycles. The maximum absolute atomic E-state index is 12.2. The lowest BCUT2D eigenvalue weighted by molar-refractivity contribution is -0.137. The Morgan fingerprint density at radius 2 is 1.72 bits per heavy atom. The van der Waals surface area contributed by atoms with Gasteiger partial charge in [0, 0.05) is 38.3 Å². The molecule has 25 heavy (non-hydrogen) atoms. The van der Waals surface area contributed by atoms with E-state index in [1.54, 1.807) is 0 Å². The normalized spacial score (nSPS) is 26.4. The molecule has 1 N–H and O–H groups in total. The van der Waals surface area contributed by atoms with Crippen molar-refractivity contribution in [1.29, 1.82) is 0 Å². The van der Waals surface area contributed by atoms with Gasteiger partial charge in [-0.25, -0.2) is 8.42 Å². The van der Waals surface area contributed by atoms with Crippen LogP contribution in [0.2, 0.25) is 0 Å². The van der Waals surface area contributed by atoms with Gasteiger partial charge in [0.25, 0.3) is 0 Å². The zero-order chi connectivity index (χ0) is 18.0. The third-order valence-corrected chi connectivity index (χ3v) is 7.09. The molecular formula is C18H26N2O4S. The highest BCUT2D eigenvalue weighted by Gasteiger charge is 2.46. The van der Waals surface area contributed by atoms with Gasteiger partial charge in [-0.3, -0.25) is 14.6 Å². The minimum Gasteiger partial charge on any atom is -0.481 e. The molecule has 2 atom stereocenters. The van der Waals surface area contributed by atoms with E-state index in [4.69, 9.17) is 5.11 Å². The zero-order valence-corrected chi connectivity index (χ0v) is 15.4. The van der Waals surface area contributed by atoms with Crippen LogP contribution in [-0.2, 0) is 27.6 Å². The molecule has 2 heterocycles. The number of aliphatic carboxylic acids is 1. The van der Waals surface area contributed by atoms with Crippen molar-refractivity contribution in [3.05, 3.63) is 35.4 Å². The summed E-state index contributed by atoms with van der Waals surface area (Å²) in [4.78, 5) is 15.2. The van der Waals surface area contributed by atoms with Crippen LogP contribution >= 0.6 is 0 Å². The summed E-state index contributed by atoms with van der Waals surface area (Å²) in [6.07, 6.45) is 1.02. The second-order valence-electron chi connectivity index (χ2n) is 6.98. The van der Waals surface area contributed by atoms with Crippen LogP contribution in [0.3, 0.4) is 0 Å². The van der Waals surface area contributed by atoms with Crippen molar-refractivity contribution in [2.45, 2.75) is 38.4 Å². The third kappa shape index (κ3) is 4.22. The lowest BCUT2D eigenvalue weighted by atomic mass is 10.0. The summed E-state index contributed by atoms with van der Waals surface area (Å²) >= 11 is 0. The Morgan fingerprint density at radius 1 is 1.12 bits per heavy atom. The smallest absolute Gasteiger partial charge is 0.304 e. The number of nitrogens with zero attached hydrogens (tertiary/aromatic N) is 2. The fourth-order valence-electron chi connectivity index (χ4n) is 4.09. The molecule has 0 bridgehead atoms. The fraction of sp³-hybridized carbons (Fsp3) is 0.611. The number of hydrogen-bond donors (Lipinski definition) is 1. The second kappa shape index (κ2) is 7.43. The van der Waals surface area contributed by atoms with Crippen molar-refractivity contribution in [3.63, 3.8) is 0 Å². The number of fused-ring (bicyclic) bond motifs is 1. The first-order valence-electron chi connectivity index (χ1n) is 8.86. The monoisotopic (exact) mass is 366 g/mol. The van der Waals surface area contributed by atoms with Crippen LogP contribution < -0.4 is 0 Å². The Balaban J connectivity index is 1.77. The highest BCUT2D eigenvalue weighted by atomic mass is 32.2. The van der Waals surface area contributed by atoms with Crippen LogP contribution in [0, 0.1) is 0 Å². The van der Waals surface area contributed by atoms with Crippen molar-refractivity contribution in [1.82, 2.24) is 9.80 Å². The number of carbonyl (C=O) groups is 1. The van der Waals surface area contributed by atoms with E-state index >= 15 is 0 Å². The van der Waals surface area contributed by atoms with Gasteiger partial charge < -0.3 is 5.11 Å². The van der Waals surface area contributed by atoms with Crippen LogP contribution in [0.5, 0.6) is 0 Å². The van der Waals surface area contributed by atoms with Crippen molar-refractivity contribution >= 4 is 15.8 Å². The van der Waals surface area contributed by atoms with E-state index in [2.05, 4.69) is 28.9 Å². The standard InChI is InChI=1S/C18H26N2O4S/c1-2-14-5-3-4-6-15(14)11-20-10-9-19(8-7-18(21)22)16-12-25(23,24)13-17(16)20/h3-6,16-17H,2,7-13H2,1H3,(H,21,22)/t16-,17+/m1/s1. The molecule has 2 aliphatic rings. The Morgan fingerprint density at radius 3 is 2.36 bits per heavy atom. The molecule has 0 radical (unpaired) electrons. The van der Waals surface area contributed by atoms with Crippen molar-refractivity contribution in [3.8, 4) is 0 Å². The highest BCUT2D eigenvalue weighted by Crippen LogP contribution is 2.29. The molecule has 0 amide bonds. The van der Waals surface area contributed by atoms with E-state index in [0.717, 1.165) is 26.1 Å². The third-order valence-electron chi connectivity index (χ3n) is 5.39. The van der Waals surface area contributed by atoms with Gasteiger partial charge in [0.15, 0.2) is 9.84 Å². The predicted molar refractivity (Wildman–Crippen MR) is 96.3 cm³/mol. The number of hydrogen-bond acceptors (Lipinski definition) is 5. The van der Waals surface area contributed by atoms with Crippen molar-refractivity contribution in [2.24, 2.45) is 0 Å². The summed E-state index contributed by atoms with van der Waals surface area (Å²) in [6, 6.07) is 8.18. The first-order valence-corrected chi connectivity index (χ1v) is 10.7. The van der Waals surface area contributed by atoms with Gasteiger partial charge in [-0.2, -0.15) is 0 Å². The van der Waals surface area contributed by atoms with E-state index in [-0.39, 0.29) is 30.0 Å². The Hall–Kier alpha value is -1.44. The van der Waals surface area contributed by atoms with Crippen LogP contribution in [0.15, 0.2) is 24.3 Å². The first-order chi connectivity index (χ1) is 11.9. The topological polar surface area (TPSA) is 77.9 Å². The molecule has 3 rings (SSSR count).